The summed E-state index contributed by atoms with van der Waals surface area (Å²) in [7, 11) is 0. The zero-order valence-corrected chi connectivity index (χ0v) is 11.8. The highest BCUT2D eigenvalue weighted by Crippen LogP contribution is 2.27. The molecule has 0 aliphatic carbocycles. The first-order valence-corrected chi connectivity index (χ1v) is 6.94. The van der Waals surface area contributed by atoms with E-state index in [0.717, 1.165) is 21.5 Å². The molecule has 2 nitrogen and oxygen atoms in total. The molecule has 1 aromatic carbocycles. The first-order valence-electron chi connectivity index (χ1n) is 5.16. The van der Waals surface area contributed by atoms with Crippen LogP contribution in [0.4, 0.5) is 0 Å². The summed E-state index contributed by atoms with van der Waals surface area (Å²) in [4.78, 5) is 11.8. The highest BCUT2D eigenvalue weighted by Gasteiger charge is 2.10. The quantitative estimate of drug-likeness (QED) is 0.825. The number of hydrogen-bond acceptors (Lipinski definition) is 2. The minimum Gasteiger partial charge on any atom is -0.478 e. The summed E-state index contributed by atoms with van der Waals surface area (Å²) in [5.41, 5.74) is 0.386. The molecule has 4 heteroatoms. The van der Waals surface area contributed by atoms with Gasteiger partial charge in [0.25, 0.3) is 0 Å². The van der Waals surface area contributed by atoms with Gasteiger partial charge in [0.05, 0.1) is 5.56 Å². The molecule has 1 N–H and O–H groups in total. The Balaban J connectivity index is 2.76. The highest BCUT2D eigenvalue weighted by molar-refractivity contribution is 9.10. The Morgan fingerprint density at radius 1 is 1.50 bits per heavy atom. The Hall–Kier alpha value is -0.480. The van der Waals surface area contributed by atoms with Gasteiger partial charge in [0.1, 0.15) is 0 Å². The number of carbonyl (C=O) groups is 1. The van der Waals surface area contributed by atoms with Crippen LogP contribution < -0.4 is 0 Å². The Kier molecular flexibility index (Phi) is 5.35. The fraction of sp³-hybridized carbons (Fsp3) is 0.417. The van der Waals surface area contributed by atoms with Gasteiger partial charge >= 0.3 is 5.97 Å². The number of hydrogen-bond donors (Lipinski definition) is 1. The third-order valence-electron chi connectivity index (χ3n) is 2.13. The predicted octanol–water partition coefficient (Wildman–Crippen LogP) is 4.29. The maximum absolute atomic E-state index is 11.0. The molecule has 88 valence electrons. The van der Waals surface area contributed by atoms with Gasteiger partial charge in [-0.25, -0.2) is 4.79 Å². The van der Waals surface area contributed by atoms with E-state index >= 15 is 0 Å². The van der Waals surface area contributed by atoms with Crippen molar-refractivity contribution in [2.75, 3.05) is 5.75 Å². The molecule has 0 amide bonds. The molecule has 0 bridgehead atoms. The van der Waals surface area contributed by atoms with E-state index in [4.69, 9.17) is 5.11 Å². The smallest absolute Gasteiger partial charge is 0.336 e. The molecule has 0 radical (unpaired) electrons. The number of benzene rings is 1. The van der Waals surface area contributed by atoms with Gasteiger partial charge in [-0.05, 0) is 36.3 Å². The monoisotopic (exact) mass is 302 g/mol. The van der Waals surface area contributed by atoms with E-state index in [2.05, 4.69) is 29.8 Å². The van der Waals surface area contributed by atoms with Crippen LogP contribution >= 0.6 is 27.7 Å². The molecule has 0 aliphatic rings. The van der Waals surface area contributed by atoms with E-state index in [1.54, 1.807) is 23.9 Å². The van der Waals surface area contributed by atoms with Crippen molar-refractivity contribution in [3.05, 3.63) is 28.2 Å². The minimum atomic E-state index is -0.862. The maximum Gasteiger partial charge on any atom is 0.336 e. The van der Waals surface area contributed by atoms with Crippen molar-refractivity contribution in [1.82, 2.24) is 0 Å². The standard InChI is InChI=1S/C12H15BrO2S/c1-8(2)5-6-16-11-7-9(13)3-4-10(11)12(14)15/h3-4,7-8H,5-6H2,1-2H3,(H,14,15). The number of aromatic carboxylic acids is 1. The first kappa shape index (κ1) is 13.6. The zero-order valence-electron chi connectivity index (χ0n) is 9.37. The largest absolute Gasteiger partial charge is 0.478 e. The number of thioether (sulfide) groups is 1. The molecule has 0 saturated carbocycles. The van der Waals surface area contributed by atoms with Crippen molar-refractivity contribution in [2.24, 2.45) is 5.92 Å². The van der Waals surface area contributed by atoms with Crippen molar-refractivity contribution in [1.29, 1.82) is 0 Å². The van der Waals surface area contributed by atoms with E-state index < -0.39 is 5.97 Å². The molecule has 0 fully saturated rings. The van der Waals surface area contributed by atoms with E-state index in [9.17, 15) is 4.79 Å². The Morgan fingerprint density at radius 3 is 2.75 bits per heavy atom. The minimum absolute atomic E-state index is 0.386. The molecule has 1 aromatic rings. The SMILES string of the molecule is CC(C)CCSc1cc(Br)ccc1C(=O)O. The van der Waals surface area contributed by atoms with Crippen LogP contribution in [0.2, 0.25) is 0 Å². The highest BCUT2D eigenvalue weighted by atomic mass is 79.9. The van der Waals surface area contributed by atoms with Gasteiger partial charge in [0.2, 0.25) is 0 Å². The summed E-state index contributed by atoms with van der Waals surface area (Å²) in [6.07, 6.45) is 1.09. The number of carboxylic acids is 1. The maximum atomic E-state index is 11.0. The third kappa shape index (κ3) is 4.18. The van der Waals surface area contributed by atoms with E-state index in [1.165, 1.54) is 0 Å². The van der Waals surface area contributed by atoms with Gasteiger partial charge < -0.3 is 5.11 Å². The summed E-state index contributed by atoms with van der Waals surface area (Å²) in [6, 6.07) is 5.27. The first-order chi connectivity index (χ1) is 7.50. The predicted molar refractivity (Wildman–Crippen MR) is 71.3 cm³/mol. The average molecular weight is 303 g/mol. The van der Waals surface area contributed by atoms with Gasteiger partial charge in [0.15, 0.2) is 0 Å². The van der Waals surface area contributed by atoms with Crippen molar-refractivity contribution in [3.8, 4) is 0 Å². The molecule has 0 aromatic heterocycles. The van der Waals surface area contributed by atoms with Crippen LogP contribution in [0.25, 0.3) is 0 Å². The molecular formula is C12H15BrO2S. The van der Waals surface area contributed by atoms with Crippen molar-refractivity contribution in [3.63, 3.8) is 0 Å². The lowest BCUT2D eigenvalue weighted by atomic mass is 10.2. The van der Waals surface area contributed by atoms with Gasteiger partial charge in [0, 0.05) is 9.37 Å². The molecule has 16 heavy (non-hydrogen) atoms. The summed E-state index contributed by atoms with van der Waals surface area (Å²) < 4.78 is 0.921. The van der Waals surface area contributed by atoms with Gasteiger partial charge in [-0.3, -0.25) is 0 Å². The normalized spacial score (nSPS) is 10.8. The molecule has 0 saturated heterocycles. The second-order valence-electron chi connectivity index (χ2n) is 3.98. The summed E-state index contributed by atoms with van der Waals surface area (Å²) in [5, 5.41) is 9.04. The summed E-state index contributed by atoms with van der Waals surface area (Å²) in [5.74, 6) is 0.737. The lowest BCUT2D eigenvalue weighted by Gasteiger charge is -2.07. The van der Waals surface area contributed by atoms with E-state index in [1.807, 2.05) is 6.07 Å². The fourth-order valence-electron chi connectivity index (χ4n) is 1.20. The lowest BCUT2D eigenvalue weighted by molar-refractivity contribution is 0.0693. The zero-order chi connectivity index (χ0) is 12.1. The van der Waals surface area contributed by atoms with Crippen LogP contribution in [-0.4, -0.2) is 16.8 Å². The van der Waals surface area contributed by atoms with E-state index in [-0.39, 0.29) is 0 Å². The molecule has 0 spiro atoms. The molecule has 1 rings (SSSR count). The molecule has 0 unspecified atom stereocenters. The Bertz CT molecular complexity index is 377. The third-order valence-corrected chi connectivity index (χ3v) is 3.71. The second kappa shape index (κ2) is 6.30. The topological polar surface area (TPSA) is 37.3 Å². The van der Waals surface area contributed by atoms with Gasteiger partial charge in [-0.15, -0.1) is 11.8 Å². The van der Waals surface area contributed by atoms with Gasteiger partial charge in [-0.2, -0.15) is 0 Å². The molecular weight excluding hydrogens is 288 g/mol. The lowest BCUT2D eigenvalue weighted by Crippen LogP contribution is -1.99. The van der Waals surface area contributed by atoms with Crippen LogP contribution in [0.1, 0.15) is 30.6 Å². The van der Waals surface area contributed by atoms with Crippen LogP contribution in [0.3, 0.4) is 0 Å². The van der Waals surface area contributed by atoms with Crippen LogP contribution in [0, 0.1) is 5.92 Å². The van der Waals surface area contributed by atoms with Crippen LogP contribution in [0.5, 0.6) is 0 Å². The second-order valence-corrected chi connectivity index (χ2v) is 6.03. The average Bonchev–Trinajstić information content (AvgIpc) is 2.16. The number of carboxylic acid groups (broad SMARTS) is 1. The van der Waals surface area contributed by atoms with Crippen LogP contribution in [-0.2, 0) is 0 Å². The molecule has 0 heterocycles. The molecule has 0 atom stereocenters. The summed E-state index contributed by atoms with van der Waals surface area (Å²) >= 11 is 4.97. The van der Waals surface area contributed by atoms with Crippen molar-refractivity contribution >= 4 is 33.7 Å². The van der Waals surface area contributed by atoms with Crippen LogP contribution in [0.15, 0.2) is 27.6 Å². The number of halogens is 1. The Labute approximate surface area is 109 Å². The number of rotatable bonds is 5. The Morgan fingerprint density at radius 2 is 2.19 bits per heavy atom. The van der Waals surface area contributed by atoms with Gasteiger partial charge in [-0.1, -0.05) is 29.8 Å². The van der Waals surface area contributed by atoms with Crippen molar-refractivity contribution < 1.29 is 9.90 Å². The summed E-state index contributed by atoms with van der Waals surface area (Å²) in [6.45, 7) is 4.33. The fourth-order valence-corrected chi connectivity index (χ4v) is 3.04. The van der Waals surface area contributed by atoms with Crippen molar-refractivity contribution in [2.45, 2.75) is 25.2 Å². The van der Waals surface area contributed by atoms with E-state index in [0.29, 0.717) is 11.5 Å². The molecule has 0 aliphatic heterocycles.